The average molecular weight is 241 g/mol. The molecule has 17 heavy (non-hydrogen) atoms. The van der Waals surface area contributed by atoms with Crippen LogP contribution in [0, 0.1) is 5.92 Å². The van der Waals surface area contributed by atoms with E-state index in [1.807, 2.05) is 7.05 Å². The number of ether oxygens (including phenoxy) is 2. The highest BCUT2D eigenvalue weighted by molar-refractivity contribution is 5.88. The van der Waals surface area contributed by atoms with Gasteiger partial charge in [-0.25, -0.2) is 4.79 Å². The largest absolute Gasteiger partial charge is 0.463 e. The van der Waals surface area contributed by atoms with E-state index in [9.17, 15) is 4.79 Å². The smallest absolute Gasteiger partial charge is 0.334 e. The van der Waals surface area contributed by atoms with Crippen LogP contribution in [0.2, 0.25) is 0 Å². The highest BCUT2D eigenvalue weighted by atomic mass is 16.5. The SMILES string of the molecule is C=C(CN(C)CC1CCCOC1)C(=O)OCC. The van der Waals surface area contributed by atoms with E-state index in [0.29, 0.717) is 24.6 Å². The molecule has 0 amide bonds. The maximum absolute atomic E-state index is 11.4. The summed E-state index contributed by atoms with van der Waals surface area (Å²) in [4.78, 5) is 13.5. The molecule has 0 aromatic carbocycles. The van der Waals surface area contributed by atoms with E-state index in [0.717, 1.165) is 26.2 Å². The summed E-state index contributed by atoms with van der Waals surface area (Å²) in [7, 11) is 2.00. The first kappa shape index (κ1) is 14.2. The van der Waals surface area contributed by atoms with Crippen LogP contribution in [0.1, 0.15) is 19.8 Å². The zero-order valence-electron chi connectivity index (χ0n) is 10.9. The third-order valence-corrected chi connectivity index (χ3v) is 2.85. The molecule has 98 valence electrons. The summed E-state index contributed by atoms with van der Waals surface area (Å²) in [6, 6.07) is 0. The minimum absolute atomic E-state index is 0.292. The fourth-order valence-electron chi connectivity index (χ4n) is 2.08. The summed E-state index contributed by atoms with van der Waals surface area (Å²) in [5.74, 6) is 0.281. The molecule has 1 saturated heterocycles. The molecule has 1 aliphatic rings. The molecule has 1 heterocycles. The van der Waals surface area contributed by atoms with E-state index in [2.05, 4.69) is 11.5 Å². The van der Waals surface area contributed by atoms with Gasteiger partial charge in [0.25, 0.3) is 0 Å². The molecule has 0 aliphatic carbocycles. The summed E-state index contributed by atoms with van der Waals surface area (Å²) in [5.41, 5.74) is 0.520. The Labute approximate surface area is 104 Å². The van der Waals surface area contributed by atoms with Crippen molar-refractivity contribution in [3.05, 3.63) is 12.2 Å². The number of esters is 1. The highest BCUT2D eigenvalue weighted by Gasteiger charge is 2.17. The third-order valence-electron chi connectivity index (χ3n) is 2.85. The maximum atomic E-state index is 11.4. The minimum atomic E-state index is -0.292. The van der Waals surface area contributed by atoms with Crippen LogP contribution in [-0.2, 0) is 14.3 Å². The number of nitrogens with zero attached hydrogens (tertiary/aromatic N) is 1. The van der Waals surface area contributed by atoms with Gasteiger partial charge in [0.2, 0.25) is 0 Å². The molecule has 0 bridgehead atoms. The van der Waals surface area contributed by atoms with E-state index in [1.54, 1.807) is 6.92 Å². The fourth-order valence-corrected chi connectivity index (χ4v) is 2.08. The molecule has 0 spiro atoms. The molecule has 1 rings (SSSR count). The maximum Gasteiger partial charge on any atom is 0.334 e. The number of hydrogen-bond donors (Lipinski definition) is 0. The van der Waals surface area contributed by atoms with Gasteiger partial charge >= 0.3 is 5.97 Å². The van der Waals surface area contributed by atoms with E-state index in [4.69, 9.17) is 9.47 Å². The van der Waals surface area contributed by atoms with Crippen molar-refractivity contribution in [1.29, 1.82) is 0 Å². The van der Waals surface area contributed by atoms with Crippen LogP contribution in [0.5, 0.6) is 0 Å². The van der Waals surface area contributed by atoms with Crippen molar-refractivity contribution in [2.45, 2.75) is 19.8 Å². The van der Waals surface area contributed by atoms with Crippen LogP contribution < -0.4 is 0 Å². The third kappa shape index (κ3) is 5.33. The van der Waals surface area contributed by atoms with Gasteiger partial charge < -0.3 is 14.4 Å². The van der Waals surface area contributed by atoms with Gasteiger partial charge in [0.05, 0.1) is 13.2 Å². The van der Waals surface area contributed by atoms with Crippen molar-refractivity contribution < 1.29 is 14.3 Å². The summed E-state index contributed by atoms with van der Waals surface area (Å²) in [6.45, 7) is 9.18. The van der Waals surface area contributed by atoms with Crippen molar-refractivity contribution in [2.24, 2.45) is 5.92 Å². The predicted octanol–water partition coefficient (Wildman–Crippen LogP) is 1.46. The molecule has 1 fully saturated rings. The number of carbonyl (C=O) groups is 1. The first-order valence-electron chi connectivity index (χ1n) is 6.24. The lowest BCUT2D eigenvalue weighted by atomic mass is 10.0. The topological polar surface area (TPSA) is 38.8 Å². The van der Waals surface area contributed by atoms with Crippen LogP contribution in [0.4, 0.5) is 0 Å². The molecule has 0 N–H and O–H groups in total. The Morgan fingerprint density at radius 2 is 2.35 bits per heavy atom. The van der Waals surface area contributed by atoms with Gasteiger partial charge in [-0.05, 0) is 32.7 Å². The van der Waals surface area contributed by atoms with Gasteiger partial charge in [0.1, 0.15) is 0 Å². The van der Waals surface area contributed by atoms with Gasteiger partial charge in [-0.1, -0.05) is 6.58 Å². The standard InChI is InChI=1S/C13H23NO3/c1-4-17-13(15)11(2)8-14(3)9-12-6-5-7-16-10-12/h12H,2,4-10H2,1,3H3. The Kier molecular flexibility index (Phi) is 6.22. The predicted molar refractivity (Wildman–Crippen MR) is 66.8 cm³/mol. The number of hydrogen-bond acceptors (Lipinski definition) is 4. The van der Waals surface area contributed by atoms with Crippen molar-refractivity contribution in [3.8, 4) is 0 Å². The molecule has 4 nitrogen and oxygen atoms in total. The Morgan fingerprint density at radius 1 is 1.59 bits per heavy atom. The molecule has 4 heteroatoms. The lowest BCUT2D eigenvalue weighted by molar-refractivity contribution is -0.138. The van der Waals surface area contributed by atoms with Crippen molar-refractivity contribution in [2.75, 3.05) is 40.0 Å². The molecule has 1 atom stereocenters. The molecular formula is C13H23NO3. The molecule has 0 radical (unpaired) electrons. The number of likely N-dealkylation sites (N-methyl/N-ethyl adjacent to an activating group) is 1. The van der Waals surface area contributed by atoms with E-state index in [-0.39, 0.29) is 5.97 Å². The average Bonchev–Trinajstić information content (AvgIpc) is 2.30. The summed E-state index contributed by atoms with van der Waals surface area (Å²) in [6.07, 6.45) is 2.34. The van der Waals surface area contributed by atoms with Gasteiger partial charge in [-0.15, -0.1) is 0 Å². The quantitative estimate of drug-likeness (QED) is 0.521. The van der Waals surface area contributed by atoms with Gasteiger partial charge in [0.15, 0.2) is 0 Å². The molecule has 1 unspecified atom stereocenters. The lowest BCUT2D eigenvalue weighted by Gasteiger charge is -2.27. The van der Waals surface area contributed by atoms with E-state index in [1.165, 1.54) is 6.42 Å². The highest BCUT2D eigenvalue weighted by Crippen LogP contribution is 2.14. The van der Waals surface area contributed by atoms with Crippen LogP contribution in [-0.4, -0.2) is 50.8 Å². The number of carbonyl (C=O) groups excluding carboxylic acids is 1. The minimum Gasteiger partial charge on any atom is -0.463 e. The van der Waals surface area contributed by atoms with Crippen LogP contribution in [0.3, 0.4) is 0 Å². The fraction of sp³-hybridized carbons (Fsp3) is 0.769. The zero-order valence-corrected chi connectivity index (χ0v) is 10.9. The van der Waals surface area contributed by atoms with E-state index < -0.39 is 0 Å². The summed E-state index contributed by atoms with van der Waals surface area (Å²) < 4.78 is 10.3. The molecular weight excluding hydrogens is 218 g/mol. The van der Waals surface area contributed by atoms with Gasteiger partial charge in [0, 0.05) is 25.3 Å². The second-order valence-corrected chi connectivity index (χ2v) is 4.60. The van der Waals surface area contributed by atoms with Crippen LogP contribution in [0.25, 0.3) is 0 Å². The van der Waals surface area contributed by atoms with Gasteiger partial charge in [-0.3, -0.25) is 0 Å². The van der Waals surface area contributed by atoms with Crippen molar-refractivity contribution in [3.63, 3.8) is 0 Å². The molecule has 0 aromatic rings. The van der Waals surface area contributed by atoms with Crippen LogP contribution >= 0.6 is 0 Å². The zero-order chi connectivity index (χ0) is 12.7. The Balaban J connectivity index is 2.25. The second-order valence-electron chi connectivity index (χ2n) is 4.60. The Bertz CT molecular complexity index is 259. The van der Waals surface area contributed by atoms with Crippen LogP contribution in [0.15, 0.2) is 12.2 Å². The monoisotopic (exact) mass is 241 g/mol. The normalized spacial score (nSPS) is 20.3. The molecule has 0 saturated carbocycles. The Morgan fingerprint density at radius 3 is 2.94 bits per heavy atom. The van der Waals surface area contributed by atoms with Gasteiger partial charge in [-0.2, -0.15) is 0 Å². The van der Waals surface area contributed by atoms with Crippen molar-refractivity contribution in [1.82, 2.24) is 4.90 Å². The summed E-state index contributed by atoms with van der Waals surface area (Å²) >= 11 is 0. The summed E-state index contributed by atoms with van der Waals surface area (Å²) in [5, 5.41) is 0. The molecule has 1 aliphatic heterocycles. The van der Waals surface area contributed by atoms with E-state index >= 15 is 0 Å². The molecule has 0 aromatic heterocycles. The van der Waals surface area contributed by atoms with Crippen molar-refractivity contribution >= 4 is 5.97 Å². The first-order chi connectivity index (χ1) is 8.13. The lowest BCUT2D eigenvalue weighted by Crippen LogP contribution is -2.33. The second kappa shape index (κ2) is 7.45. The Hall–Kier alpha value is -0.870. The first-order valence-corrected chi connectivity index (χ1v) is 6.24. The number of rotatable bonds is 6.